The first-order valence-electron chi connectivity index (χ1n) is 10.4. The molecule has 138 valence electrons. The first-order chi connectivity index (χ1) is 12.9. The summed E-state index contributed by atoms with van der Waals surface area (Å²) in [4.78, 5) is 0. The van der Waals surface area contributed by atoms with Crippen molar-refractivity contribution in [1.29, 1.82) is 0 Å². The molecule has 4 rings (SSSR count). The summed E-state index contributed by atoms with van der Waals surface area (Å²) >= 11 is 0. The standard InChI is InChI=1S/C22H30N4/c1-2-4-8-17-9-6-12-19(14-17)21-15-22(25-26-24-21)23-16-20-13-7-11-18(20)10-5-3-1/h6,9,12,14-15,18,20H,1-5,7-8,10-11,13,16H2,(H,23,24,25). The summed E-state index contributed by atoms with van der Waals surface area (Å²) < 4.78 is 0. The van der Waals surface area contributed by atoms with E-state index in [2.05, 4.69) is 45.0 Å². The van der Waals surface area contributed by atoms with E-state index >= 15 is 0 Å². The molecule has 1 N–H and O–H groups in total. The molecule has 2 unspecified atom stereocenters. The minimum atomic E-state index is 0.785. The number of fused-ring (bicyclic) bond motifs is 6. The van der Waals surface area contributed by atoms with Crippen molar-refractivity contribution in [3.63, 3.8) is 0 Å². The number of hydrogen-bond donors (Lipinski definition) is 1. The second kappa shape index (κ2) is 8.61. The maximum atomic E-state index is 4.27. The Labute approximate surface area is 156 Å². The Balaban J connectivity index is 1.55. The first-order valence-corrected chi connectivity index (χ1v) is 10.4. The lowest BCUT2D eigenvalue weighted by Gasteiger charge is -2.20. The van der Waals surface area contributed by atoms with E-state index in [0.717, 1.165) is 41.9 Å². The lowest BCUT2D eigenvalue weighted by molar-refractivity contribution is 0.363. The van der Waals surface area contributed by atoms with Crippen LogP contribution in [0.4, 0.5) is 5.82 Å². The van der Waals surface area contributed by atoms with E-state index in [-0.39, 0.29) is 0 Å². The van der Waals surface area contributed by atoms with Crippen LogP contribution in [0.25, 0.3) is 11.3 Å². The maximum absolute atomic E-state index is 4.27. The van der Waals surface area contributed by atoms with Crippen molar-refractivity contribution in [3.05, 3.63) is 35.9 Å². The van der Waals surface area contributed by atoms with Gasteiger partial charge in [0, 0.05) is 18.2 Å². The highest BCUT2D eigenvalue weighted by atomic mass is 15.3. The number of anilines is 1. The number of rotatable bonds is 0. The summed E-state index contributed by atoms with van der Waals surface area (Å²) in [5, 5.41) is 16.0. The molecule has 1 aromatic carbocycles. The molecule has 2 aliphatic rings. The van der Waals surface area contributed by atoms with E-state index in [1.807, 2.05) is 6.07 Å². The van der Waals surface area contributed by atoms with Crippen LogP contribution in [0.2, 0.25) is 0 Å². The third-order valence-corrected chi connectivity index (χ3v) is 6.20. The van der Waals surface area contributed by atoms with Gasteiger partial charge in [0.25, 0.3) is 0 Å². The molecule has 26 heavy (non-hydrogen) atoms. The molecular weight excluding hydrogens is 320 g/mol. The molecule has 2 heterocycles. The second-order valence-electron chi connectivity index (χ2n) is 8.04. The van der Waals surface area contributed by atoms with E-state index in [1.165, 1.54) is 63.4 Å². The molecule has 0 radical (unpaired) electrons. The van der Waals surface area contributed by atoms with E-state index in [4.69, 9.17) is 0 Å². The third-order valence-electron chi connectivity index (χ3n) is 6.20. The Hall–Kier alpha value is -1.97. The quantitative estimate of drug-likeness (QED) is 0.704. The zero-order chi connectivity index (χ0) is 17.6. The summed E-state index contributed by atoms with van der Waals surface area (Å²) in [6.07, 6.45) is 13.5. The smallest absolute Gasteiger partial charge is 0.152 e. The second-order valence-corrected chi connectivity index (χ2v) is 8.04. The predicted octanol–water partition coefficient (Wildman–Crippen LogP) is 5.26. The fraction of sp³-hybridized carbons (Fsp3) is 0.591. The number of nitrogens with zero attached hydrogens (tertiary/aromatic N) is 3. The van der Waals surface area contributed by atoms with Gasteiger partial charge in [-0.15, -0.1) is 10.2 Å². The highest BCUT2D eigenvalue weighted by molar-refractivity contribution is 5.62. The molecular formula is C22H30N4. The van der Waals surface area contributed by atoms with Gasteiger partial charge in [0.1, 0.15) is 0 Å². The SMILES string of the molecule is c1cc2cc(c1)-c1cc(nnn1)NCC1CCCC1CCCCCCC2. The van der Waals surface area contributed by atoms with Crippen molar-refractivity contribution in [2.45, 2.75) is 64.2 Å². The van der Waals surface area contributed by atoms with Crippen LogP contribution in [0.1, 0.15) is 63.4 Å². The van der Waals surface area contributed by atoms with Gasteiger partial charge in [0.05, 0.1) is 5.69 Å². The minimum absolute atomic E-state index is 0.785. The van der Waals surface area contributed by atoms with Gasteiger partial charge in [0.15, 0.2) is 5.82 Å². The van der Waals surface area contributed by atoms with E-state index in [9.17, 15) is 0 Å². The minimum Gasteiger partial charge on any atom is -0.368 e. The van der Waals surface area contributed by atoms with Crippen LogP contribution >= 0.6 is 0 Å². The van der Waals surface area contributed by atoms with Gasteiger partial charge in [-0.2, -0.15) is 0 Å². The van der Waals surface area contributed by atoms with Gasteiger partial charge in [-0.1, -0.05) is 63.1 Å². The number of aryl methyl sites for hydroxylation is 1. The highest BCUT2D eigenvalue weighted by Crippen LogP contribution is 2.35. The lowest BCUT2D eigenvalue weighted by atomic mass is 9.90. The fourth-order valence-electron chi connectivity index (χ4n) is 4.68. The zero-order valence-corrected chi connectivity index (χ0v) is 15.7. The zero-order valence-electron chi connectivity index (χ0n) is 15.7. The first kappa shape index (κ1) is 17.4. The van der Waals surface area contributed by atoms with Gasteiger partial charge in [-0.3, -0.25) is 0 Å². The highest BCUT2D eigenvalue weighted by Gasteiger charge is 2.26. The van der Waals surface area contributed by atoms with Crippen molar-refractivity contribution in [2.24, 2.45) is 11.8 Å². The Morgan fingerprint density at radius 1 is 0.808 bits per heavy atom. The molecule has 0 saturated heterocycles. The van der Waals surface area contributed by atoms with Gasteiger partial charge < -0.3 is 5.32 Å². The number of aromatic nitrogens is 3. The Kier molecular flexibility index (Phi) is 5.78. The van der Waals surface area contributed by atoms with Crippen LogP contribution in [-0.2, 0) is 6.42 Å². The van der Waals surface area contributed by atoms with Crippen LogP contribution in [-0.4, -0.2) is 22.0 Å². The molecule has 1 saturated carbocycles. The van der Waals surface area contributed by atoms with E-state index in [0.29, 0.717) is 0 Å². The summed E-state index contributed by atoms with van der Waals surface area (Å²) in [6.45, 7) is 1.02. The van der Waals surface area contributed by atoms with E-state index in [1.54, 1.807) is 0 Å². The summed E-state index contributed by atoms with van der Waals surface area (Å²) in [5.41, 5.74) is 3.45. The van der Waals surface area contributed by atoms with Crippen molar-refractivity contribution >= 4 is 5.82 Å². The molecule has 2 aromatic rings. The molecule has 0 spiro atoms. The molecule has 1 fully saturated rings. The number of benzene rings is 1. The molecule has 2 atom stereocenters. The van der Waals surface area contributed by atoms with Crippen LogP contribution < -0.4 is 5.32 Å². The van der Waals surface area contributed by atoms with Crippen molar-refractivity contribution < 1.29 is 0 Å². The van der Waals surface area contributed by atoms with Gasteiger partial charge in [0.2, 0.25) is 0 Å². The number of nitrogens with one attached hydrogen (secondary N) is 1. The van der Waals surface area contributed by atoms with Crippen LogP contribution in [0.5, 0.6) is 0 Å². The molecule has 1 aromatic heterocycles. The van der Waals surface area contributed by atoms with Crippen molar-refractivity contribution in [1.82, 2.24) is 15.4 Å². The fourth-order valence-corrected chi connectivity index (χ4v) is 4.68. The monoisotopic (exact) mass is 350 g/mol. The van der Waals surface area contributed by atoms with Crippen LogP contribution in [0.3, 0.4) is 0 Å². The average Bonchev–Trinajstić information content (AvgIpc) is 3.13. The van der Waals surface area contributed by atoms with Crippen molar-refractivity contribution in [2.75, 3.05) is 11.9 Å². The molecule has 4 bridgehead atoms. The Morgan fingerprint density at radius 3 is 2.65 bits per heavy atom. The Bertz CT molecular complexity index is 715. The topological polar surface area (TPSA) is 50.7 Å². The van der Waals surface area contributed by atoms with Crippen molar-refractivity contribution in [3.8, 4) is 11.3 Å². The lowest BCUT2D eigenvalue weighted by Crippen LogP contribution is -2.19. The molecule has 4 heteroatoms. The van der Waals surface area contributed by atoms with Gasteiger partial charge in [-0.25, -0.2) is 0 Å². The normalized spacial score (nSPS) is 24.3. The summed E-state index contributed by atoms with van der Waals surface area (Å²) in [6, 6.07) is 10.8. The summed E-state index contributed by atoms with van der Waals surface area (Å²) in [7, 11) is 0. The largest absolute Gasteiger partial charge is 0.368 e. The molecule has 1 aliphatic carbocycles. The van der Waals surface area contributed by atoms with Gasteiger partial charge >= 0.3 is 0 Å². The summed E-state index contributed by atoms with van der Waals surface area (Å²) in [5.74, 6) is 2.53. The Morgan fingerprint density at radius 2 is 1.65 bits per heavy atom. The third kappa shape index (κ3) is 4.40. The molecule has 1 aliphatic heterocycles. The molecule has 4 nitrogen and oxygen atoms in total. The van der Waals surface area contributed by atoms with Crippen LogP contribution in [0, 0.1) is 11.8 Å². The van der Waals surface area contributed by atoms with E-state index < -0.39 is 0 Å². The molecule has 0 amide bonds. The predicted molar refractivity (Wildman–Crippen MR) is 106 cm³/mol. The van der Waals surface area contributed by atoms with Gasteiger partial charge in [-0.05, 0) is 47.9 Å². The van der Waals surface area contributed by atoms with Crippen LogP contribution in [0.15, 0.2) is 30.3 Å². The average molecular weight is 351 g/mol. The number of hydrogen-bond acceptors (Lipinski definition) is 4. The maximum Gasteiger partial charge on any atom is 0.152 e.